The molecule has 1 atom stereocenters. The number of benzene rings is 1. The summed E-state index contributed by atoms with van der Waals surface area (Å²) in [5.74, 6) is 0.296. The van der Waals surface area contributed by atoms with Crippen LogP contribution in [0.3, 0.4) is 0 Å². The molecule has 2 aliphatic heterocycles. The van der Waals surface area contributed by atoms with Crippen molar-refractivity contribution in [2.24, 2.45) is 0 Å². The second-order valence-corrected chi connectivity index (χ2v) is 4.95. The summed E-state index contributed by atoms with van der Waals surface area (Å²) in [6.07, 6.45) is 3.60. The highest BCUT2D eigenvalue weighted by molar-refractivity contribution is 5.83. The molecule has 1 aromatic rings. The lowest BCUT2D eigenvalue weighted by molar-refractivity contribution is -0.135. The summed E-state index contributed by atoms with van der Waals surface area (Å²) < 4.78 is 0. The predicted octanol–water partition coefficient (Wildman–Crippen LogP) is 1.89. The molecule has 1 amide bonds. The van der Waals surface area contributed by atoms with Crippen molar-refractivity contribution in [3.63, 3.8) is 0 Å². The van der Waals surface area contributed by atoms with Crippen LogP contribution in [0.15, 0.2) is 30.3 Å². The molecule has 3 nitrogen and oxygen atoms in total. The topological polar surface area (TPSA) is 23.6 Å². The van der Waals surface area contributed by atoms with E-state index in [2.05, 4.69) is 21.9 Å². The molecule has 2 saturated heterocycles. The quantitative estimate of drug-likeness (QED) is 0.735. The van der Waals surface area contributed by atoms with Gasteiger partial charge < -0.3 is 9.80 Å². The largest absolute Gasteiger partial charge is 0.360 e. The van der Waals surface area contributed by atoms with Gasteiger partial charge in [-0.25, -0.2) is 0 Å². The molecule has 1 aromatic carbocycles. The fourth-order valence-electron chi connectivity index (χ4n) is 2.93. The monoisotopic (exact) mass is 230 g/mol. The highest BCUT2D eigenvalue weighted by Crippen LogP contribution is 2.25. The number of piperazine rings is 1. The fraction of sp³-hybridized carbons (Fsp3) is 0.500. The molecular weight excluding hydrogens is 212 g/mol. The number of carbonyl (C=O) groups excluding carboxylic acids is 1. The van der Waals surface area contributed by atoms with E-state index in [0.717, 1.165) is 19.5 Å². The van der Waals surface area contributed by atoms with E-state index in [4.69, 9.17) is 0 Å². The summed E-state index contributed by atoms with van der Waals surface area (Å²) in [7, 11) is 0. The molecule has 3 heteroatoms. The smallest absolute Gasteiger partial charge is 0.242 e. The molecule has 0 radical (unpaired) electrons. The van der Waals surface area contributed by atoms with Gasteiger partial charge in [0.15, 0.2) is 0 Å². The standard InChI is InChI=1S/C14H18N2O/c17-14-11-15(12-6-2-1-3-7-12)10-13-8-4-5-9-16(13)14/h1-3,6-7,13H,4-5,8-11H2/t13-/m0/s1. The molecular formula is C14H18N2O. The van der Waals surface area contributed by atoms with Crippen LogP contribution in [0.25, 0.3) is 0 Å². The lowest BCUT2D eigenvalue weighted by Gasteiger charge is -2.44. The minimum atomic E-state index is 0.296. The van der Waals surface area contributed by atoms with Crippen molar-refractivity contribution in [2.75, 3.05) is 24.5 Å². The van der Waals surface area contributed by atoms with Crippen molar-refractivity contribution in [3.8, 4) is 0 Å². The summed E-state index contributed by atoms with van der Waals surface area (Å²) >= 11 is 0. The molecule has 0 aromatic heterocycles. The average Bonchev–Trinajstić information content (AvgIpc) is 2.40. The first-order valence-corrected chi connectivity index (χ1v) is 6.44. The number of fused-ring (bicyclic) bond motifs is 1. The van der Waals surface area contributed by atoms with Crippen molar-refractivity contribution < 1.29 is 4.79 Å². The van der Waals surface area contributed by atoms with Crippen LogP contribution in [0.2, 0.25) is 0 Å². The predicted molar refractivity (Wildman–Crippen MR) is 68.0 cm³/mol. The fourth-order valence-corrected chi connectivity index (χ4v) is 2.93. The summed E-state index contributed by atoms with van der Waals surface area (Å²) in [6, 6.07) is 10.7. The van der Waals surface area contributed by atoms with Gasteiger partial charge in [0.2, 0.25) is 5.91 Å². The minimum absolute atomic E-state index is 0.296. The van der Waals surface area contributed by atoms with Crippen molar-refractivity contribution in [2.45, 2.75) is 25.3 Å². The van der Waals surface area contributed by atoms with Crippen LogP contribution < -0.4 is 4.90 Å². The van der Waals surface area contributed by atoms with Gasteiger partial charge in [-0.05, 0) is 31.4 Å². The molecule has 3 rings (SSSR count). The Morgan fingerprint density at radius 2 is 1.94 bits per heavy atom. The van der Waals surface area contributed by atoms with E-state index < -0.39 is 0 Å². The number of anilines is 1. The van der Waals surface area contributed by atoms with Crippen LogP contribution >= 0.6 is 0 Å². The van der Waals surface area contributed by atoms with Crippen LogP contribution in [-0.2, 0) is 4.79 Å². The van der Waals surface area contributed by atoms with Gasteiger partial charge in [-0.3, -0.25) is 4.79 Å². The normalized spacial score (nSPS) is 24.7. The van der Waals surface area contributed by atoms with Crippen LogP contribution in [-0.4, -0.2) is 36.5 Å². The Hall–Kier alpha value is -1.51. The molecule has 0 N–H and O–H groups in total. The maximum atomic E-state index is 12.1. The average molecular weight is 230 g/mol. The molecule has 0 saturated carbocycles. The van der Waals surface area contributed by atoms with E-state index in [0.29, 0.717) is 18.5 Å². The Labute approximate surface area is 102 Å². The molecule has 2 heterocycles. The van der Waals surface area contributed by atoms with E-state index in [1.54, 1.807) is 0 Å². The molecule has 0 bridgehead atoms. The van der Waals surface area contributed by atoms with Crippen LogP contribution in [0, 0.1) is 0 Å². The van der Waals surface area contributed by atoms with Gasteiger partial charge in [0.25, 0.3) is 0 Å². The molecule has 17 heavy (non-hydrogen) atoms. The highest BCUT2D eigenvalue weighted by atomic mass is 16.2. The summed E-state index contributed by atoms with van der Waals surface area (Å²) in [5.41, 5.74) is 1.17. The molecule has 90 valence electrons. The van der Waals surface area contributed by atoms with E-state index in [-0.39, 0.29) is 0 Å². The molecule has 0 spiro atoms. The molecule has 0 unspecified atom stereocenters. The summed E-state index contributed by atoms with van der Waals surface area (Å²) in [5, 5.41) is 0. The first kappa shape index (κ1) is 10.6. The lowest BCUT2D eigenvalue weighted by Crippen LogP contribution is -2.58. The van der Waals surface area contributed by atoms with Crippen LogP contribution in [0.4, 0.5) is 5.69 Å². The number of carbonyl (C=O) groups is 1. The van der Waals surface area contributed by atoms with E-state index in [9.17, 15) is 4.79 Å². The highest BCUT2D eigenvalue weighted by Gasteiger charge is 2.33. The number of hydrogen-bond acceptors (Lipinski definition) is 2. The Morgan fingerprint density at radius 1 is 1.12 bits per heavy atom. The Kier molecular flexibility index (Phi) is 2.75. The van der Waals surface area contributed by atoms with Crippen LogP contribution in [0.1, 0.15) is 19.3 Å². The van der Waals surface area contributed by atoms with Gasteiger partial charge in [-0.1, -0.05) is 18.2 Å². The maximum Gasteiger partial charge on any atom is 0.242 e. The number of para-hydroxylation sites is 1. The van der Waals surface area contributed by atoms with Gasteiger partial charge in [0, 0.05) is 24.8 Å². The lowest BCUT2D eigenvalue weighted by atomic mass is 9.99. The van der Waals surface area contributed by atoms with Gasteiger partial charge in [-0.2, -0.15) is 0 Å². The van der Waals surface area contributed by atoms with E-state index >= 15 is 0 Å². The number of rotatable bonds is 1. The third-order valence-corrected chi connectivity index (χ3v) is 3.83. The van der Waals surface area contributed by atoms with E-state index in [1.807, 2.05) is 18.2 Å². The first-order valence-electron chi connectivity index (χ1n) is 6.44. The van der Waals surface area contributed by atoms with Crippen molar-refractivity contribution >= 4 is 11.6 Å². The molecule has 0 aliphatic carbocycles. The second kappa shape index (κ2) is 4.40. The Balaban J connectivity index is 1.79. The van der Waals surface area contributed by atoms with Gasteiger partial charge >= 0.3 is 0 Å². The van der Waals surface area contributed by atoms with Gasteiger partial charge in [0.05, 0.1) is 6.54 Å². The van der Waals surface area contributed by atoms with Gasteiger partial charge in [0.1, 0.15) is 0 Å². The van der Waals surface area contributed by atoms with Crippen molar-refractivity contribution in [1.29, 1.82) is 0 Å². The van der Waals surface area contributed by atoms with Crippen molar-refractivity contribution in [3.05, 3.63) is 30.3 Å². The molecule has 2 aliphatic rings. The number of amides is 1. The summed E-state index contributed by atoms with van der Waals surface area (Å²) in [4.78, 5) is 16.4. The summed E-state index contributed by atoms with van der Waals surface area (Å²) in [6.45, 7) is 2.50. The first-order chi connectivity index (χ1) is 8.34. The van der Waals surface area contributed by atoms with E-state index in [1.165, 1.54) is 18.5 Å². The number of piperidine rings is 1. The SMILES string of the molecule is O=C1CN(c2ccccc2)C[C@@H]2CCCCN12. The number of nitrogens with zero attached hydrogens (tertiary/aromatic N) is 2. The zero-order chi connectivity index (χ0) is 11.7. The number of hydrogen-bond donors (Lipinski definition) is 0. The molecule has 2 fully saturated rings. The zero-order valence-corrected chi connectivity index (χ0v) is 10.0. The maximum absolute atomic E-state index is 12.1. The Bertz CT molecular complexity index is 404. The third-order valence-electron chi connectivity index (χ3n) is 3.83. The third kappa shape index (κ3) is 2.02. The van der Waals surface area contributed by atoms with Gasteiger partial charge in [-0.15, -0.1) is 0 Å². The zero-order valence-electron chi connectivity index (χ0n) is 10.0. The second-order valence-electron chi connectivity index (χ2n) is 4.95. The van der Waals surface area contributed by atoms with Crippen LogP contribution in [0.5, 0.6) is 0 Å². The minimum Gasteiger partial charge on any atom is -0.360 e. The Morgan fingerprint density at radius 3 is 2.76 bits per heavy atom. The van der Waals surface area contributed by atoms with Crippen molar-refractivity contribution in [1.82, 2.24) is 4.90 Å².